The van der Waals surface area contributed by atoms with Gasteiger partial charge in [-0.25, -0.2) is 0 Å². The van der Waals surface area contributed by atoms with Gasteiger partial charge >= 0.3 is 0 Å². The molecule has 7 heteroatoms. The van der Waals surface area contributed by atoms with E-state index in [1.165, 1.54) is 19.2 Å². The van der Waals surface area contributed by atoms with Crippen molar-refractivity contribution < 1.29 is 14.7 Å². The molecule has 2 rings (SSSR count). The van der Waals surface area contributed by atoms with E-state index in [2.05, 4.69) is 15.9 Å². The van der Waals surface area contributed by atoms with Gasteiger partial charge in [-0.05, 0) is 45.9 Å². The standard InChI is InChI=1S/C11H7BrClNO3S/c1-14-10(16)8(18-11(14)17)3-5-2-6(13)4-7(12)9(5)15/h2-4,15H,1H3/b8-3-. The van der Waals surface area contributed by atoms with Gasteiger partial charge in [0.1, 0.15) is 5.75 Å². The van der Waals surface area contributed by atoms with Crippen molar-refractivity contribution in [2.75, 3.05) is 7.05 Å². The summed E-state index contributed by atoms with van der Waals surface area (Å²) in [5.41, 5.74) is 0.383. The fraction of sp³-hybridized carbons (Fsp3) is 0.0909. The van der Waals surface area contributed by atoms with E-state index in [4.69, 9.17) is 11.6 Å². The topological polar surface area (TPSA) is 57.6 Å². The maximum absolute atomic E-state index is 11.7. The van der Waals surface area contributed by atoms with Crippen LogP contribution in [0.5, 0.6) is 5.75 Å². The minimum atomic E-state index is -0.388. The second kappa shape index (κ2) is 4.95. The summed E-state index contributed by atoms with van der Waals surface area (Å²) in [4.78, 5) is 24.3. The molecule has 18 heavy (non-hydrogen) atoms. The van der Waals surface area contributed by atoms with E-state index in [0.29, 0.717) is 15.1 Å². The Hall–Kier alpha value is -0.980. The number of halogens is 2. The molecule has 1 aliphatic heterocycles. The van der Waals surface area contributed by atoms with Gasteiger partial charge < -0.3 is 5.11 Å². The maximum Gasteiger partial charge on any atom is 0.293 e. The Bertz CT molecular complexity index is 588. The molecule has 0 radical (unpaired) electrons. The summed E-state index contributed by atoms with van der Waals surface area (Å²) in [5, 5.41) is 9.91. The van der Waals surface area contributed by atoms with E-state index in [-0.39, 0.29) is 21.8 Å². The van der Waals surface area contributed by atoms with E-state index in [0.717, 1.165) is 16.7 Å². The summed E-state index contributed by atoms with van der Waals surface area (Å²) in [7, 11) is 1.41. The average Bonchev–Trinajstić information content (AvgIpc) is 2.53. The number of nitrogens with zero attached hydrogens (tertiary/aromatic N) is 1. The van der Waals surface area contributed by atoms with Crippen molar-refractivity contribution in [1.29, 1.82) is 0 Å². The molecule has 0 aromatic heterocycles. The summed E-state index contributed by atoms with van der Waals surface area (Å²) >= 11 is 9.84. The highest BCUT2D eigenvalue weighted by Gasteiger charge is 2.32. The Morgan fingerprint density at radius 1 is 1.44 bits per heavy atom. The third-order valence-electron chi connectivity index (χ3n) is 2.33. The number of phenolic OH excluding ortho intramolecular Hbond substituents is 1. The fourth-order valence-electron chi connectivity index (χ4n) is 1.38. The predicted octanol–water partition coefficient (Wildman–Crippen LogP) is 3.47. The Balaban J connectivity index is 2.46. The Morgan fingerprint density at radius 2 is 2.11 bits per heavy atom. The lowest BCUT2D eigenvalue weighted by Gasteiger charge is -2.04. The number of amides is 2. The van der Waals surface area contributed by atoms with Crippen molar-refractivity contribution in [2.24, 2.45) is 0 Å². The molecule has 0 atom stereocenters. The first kappa shape index (κ1) is 13.5. The number of carbonyl (C=O) groups is 2. The quantitative estimate of drug-likeness (QED) is 0.790. The molecule has 94 valence electrons. The van der Waals surface area contributed by atoms with Crippen LogP contribution in [0, 0.1) is 0 Å². The lowest BCUT2D eigenvalue weighted by atomic mass is 10.2. The number of hydrogen-bond donors (Lipinski definition) is 1. The first-order valence-electron chi connectivity index (χ1n) is 4.79. The van der Waals surface area contributed by atoms with E-state index < -0.39 is 0 Å². The third kappa shape index (κ3) is 2.41. The van der Waals surface area contributed by atoms with Crippen LogP contribution in [0.3, 0.4) is 0 Å². The van der Waals surface area contributed by atoms with Gasteiger partial charge in [0.25, 0.3) is 11.1 Å². The smallest absolute Gasteiger partial charge is 0.293 e. The van der Waals surface area contributed by atoms with Gasteiger partial charge in [0.05, 0.1) is 9.38 Å². The summed E-state index contributed by atoms with van der Waals surface area (Å²) in [6.45, 7) is 0. The number of phenols is 1. The summed E-state index contributed by atoms with van der Waals surface area (Å²) in [6.07, 6.45) is 1.44. The van der Waals surface area contributed by atoms with Gasteiger partial charge in [0.15, 0.2) is 0 Å². The zero-order valence-electron chi connectivity index (χ0n) is 9.11. The summed E-state index contributed by atoms with van der Waals surface area (Å²) in [5.74, 6) is -0.414. The van der Waals surface area contributed by atoms with Crippen LogP contribution in [0.2, 0.25) is 5.02 Å². The molecule has 0 bridgehead atoms. The zero-order chi connectivity index (χ0) is 13.4. The molecule has 1 aliphatic rings. The number of likely N-dealkylation sites (N-methyl/N-ethyl adjacent to an activating group) is 1. The minimum absolute atomic E-state index is 0.0256. The molecule has 1 saturated heterocycles. The zero-order valence-corrected chi connectivity index (χ0v) is 12.3. The maximum atomic E-state index is 11.7. The molecule has 4 nitrogen and oxygen atoms in total. The number of imide groups is 1. The van der Waals surface area contributed by atoms with Crippen LogP contribution in [0.1, 0.15) is 5.56 Å². The van der Waals surface area contributed by atoms with E-state index >= 15 is 0 Å². The lowest BCUT2D eigenvalue weighted by Crippen LogP contribution is -2.22. The van der Waals surface area contributed by atoms with Crippen molar-refractivity contribution in [1.82, 2.24) is 4.90 Å². The highest BCUT2D eigenvalue weighted by atomic mass is 79.9. The first-order valence-corrected chi connectivity index (χ1v) is 6.78. The molecule has 0 spiro atoms. The highest BCUT2D eigenvalue weighted by molar-refractivity contribution is 9.10. The van der Waals surface area contributed by atoms with Crippen molar-refractivity contribution in [3.8, 4) is 5.75 Å². The monoisotopic (exact) mass is 347 g/mol. The number of thioether (sulfide) groups is 1. The summed E-state index contributed by atoms with van der Waals surface area (Å²) in [6, 6.07) is 3.06. The van der Waals surface area contributed by atoms with Crippen LogP contribution in [0.4, 0.5) is 4.79 Å². The first-order chi connectivity index (χ1) is 8.40. The van der Waals surface area contributed by atoms with Gasteiger partial charge in [0, 0.05) is 17.6 Å². The van der Waals surface area contributed by atoms with Crippen molar-refractivity contribution in [2.45, 2.75) is 0 Å². The second-order valence-electron chi connectivity index (χ2n) is 3.57. The van der Waals surface area contributed by atoms with Gasteiger partial charge in [-0.1, -0.05) is 11.6 Å². The number of rotatable bonds is 1. The largest absolute Gasteiger partial charge is 0.506 e. The number of benzene rings is 1. The van der Waals surface area contributed by atoms with Gasteiger partial charge in [-0.3, -0.25) is 14.5 Å². The normalized spacial score (nSPS) is 17.9. The van der Waals surface area contributed by atoms with Crippen LogP contribution in [0.25, 0.3) is 6.08 Å². The highest BCUT2D eigenvalue weighted by Crippen LogP contribution is 2.36. The van der Waals surface area contributed by atoms with Gasteiger partial charge in [0.2, 0.25) is 0 Å². The molecule has 0 aliphatic carbocycles. The van der Waals surface area contributed by atoms with E-state index in [1.807, 2.05) is 0 Å². The van der Waals surface area contributed by atoms with Gasteiger partial charge in [-0.2, -0.15) is 0 Å². The van der Waals surface area contributed by atoms with E-state index in [1.54, 1.807) is 6.07 Å². The molecular weight excluding hydrogens is 342 g/mol. The number of carbonyl (C=O) groups excluding carboxylic acids is 2. The molecule has 1 heterocycles. The van der Waals surface area contributed by atoms with Crippen molar-refractivity contribution in [3.63, 3.8) is 0 Å². The molecule has 2 amide bonds. The number of aromatic hydroxyl groups is 1. The molecule has 0 saturated carbocycles. The fourth-order valence-corrected chi connectivity index (χ4v) is 3.03. The third-order valence-corrected chi connectivity index (χ3v) is 4.11. The second-order valence-corrected chi connectivity index (χ2v) is 5.85. The lowest BCUT2D eigenvalue weighted by molar-refractivity contribution is -0.121. The van der Waals surface area contributed by atoms with Crippen LogP contribution < -0.4 is 0 Å². The van der Waals surface area contributed by atoms with E-state index in [9.17, 15) is 14.7 Å². The number of hydrogen-bond acceptors (Lipinski definition) is 4. The van der Waals surface area contributed by atoms with Crippen LogP contribution in [-0.2, 0) is 4.79 Å². The molecule has 1 fully saturated rings. The molecular formula is C11H7BrClNO3S. The molecule has 1 aromatic rings. The van der Waals surface area contributed by atoms with Crippen LogP contribution >= 0.6 is 39.3 Å². The average molecular weight is 349 g/mol. The van der Waals surface area contributed by atoms with Gasteiger partial charge in [-0.15, -0.1) is 0 Å². The molecule has 1 aromatic carbocycles. The molecule has 1 N–H and O–H groups in total. The Kier molecular flexibility index (Phi) is 3.70. The van der Waals surface area contributed by atoms with Crippen LogP contribution in [0.15, 0.2) is 21.5 Å². The minimum Gasteiger partial charge on any atom is -0.506 e. The summed E-state index contributed by atoms with van der Waals surface area (Å²) < 4.78 is 0.428. The van der Waals surface area contributed by atoms with Crippen molar-refractivity contribution in [3.05, 3.63) is 32.1 Å². The SMILES string of the molecule is CN1C(=O)S/C(=C\c2cc(Cl)cc(Br)c2O)C1=O. The molecule has 0 unspecified atom stereocenters. The van der Waals surface area contributed by atoms with Crippen LogP contribution in [-0.4, -0.2) is 28.2 Å². The Labute approximate surface area is 121 Å². The Morgan fingerprint density at radius 3 is 2.67 bits per heavy atom. The predicted molar refractivity (Wildman–Crippen MR) is 74.6 cm³/mol. The van der Waals surface area contributed by atoms with Crippen molar-refractivity contribution >= 4 is 56.5 Å².